The number of aliphatic carboxylic acids is 1. The Labute approximate surface area is 174 Å². The highest BCUT2D eigenvalue weighted by Gasteiger charge is 2.24. The topological polar surface area (TPSA) is 113 Å². The summed E-state index contributed by atoms with van der Waals surface area (Å²) in [4.78, 5) is 36.2. The number of rotatable bonds is 7. The van der Waals surface area contributed by atoms with E-state index < -0.39 is 35.7 Å². The highest BCUT2D eigenvalue weighted by Crippen LogP contribution is 2.25. The van der Waals surface area contributed by atoms with Crippen LogP contribution in [0.5, 0.6) is 5.75 Å². The largest absolute Gasteiger partial charge is 0.497 e. The number of aromatic nitrogens is 2. The van der Waals surface area contributed by atoms with Gasteiger partial charge in [0, 0.05) is 11.6 Å². The van der Waals surface area contributed by atoms with Crippen molar-refractivity contribution in [3.8, 4) is 11.4 Å². The number of carboxylic acid groups (broad SMARTS) is 1. The fourth-order valence-corrected chi connectivity index (χ4v) is 3.11. The van der Waals surface area contributed by atoms with Crippen molar-refractivity contribution in [1.82, 2.24) is 15.1 Å². The third-order valence-electron chi connectivity index (χ3n) is 4.32. The molecule has 0 bridgehead atoms. The van der Waals surface area contributed by atoms with Gasteiger partial charge in [-0.05, 0) is 30.3 Å². The summed E-state index contributed by atoms with van der Waals surface area (Å²) in [6.45, 7) is 0. The standard InChI is InChI=1S/C20H17ClFN3O5/c1-30-11-6-7-14(22)12(8-11)15(10-19(27)28)23-20(29)16-9-18(26)25(24-16)17-5-3-2-4-13(17)21/h2-9,15,24H,10H2,1H3,(H,23,29)(H,27,28). The normalized spacial score (nSPS) is 11.7. The van der Waals surface area contributed by atoms with E-state index in [-0.39, 0.29) is 16.3 Å². The van der Waals surface area contributed by atoms with Crippen LogP contribution in [-0.2, 0) is 4.79 Å². The lowest BCUT2D eigenvalue weighted by atomic mass is 10.0. The maximum Gasteiger partial charge on any atom is 0.305 e. The Morgan fingerprint density at radius 1 is 1.27 bits per heavy atom. The molecule has 1 aromatic heterocycles. The monoisotopic (exact) mass is 433 g/mol. The number of benzene rings is 2. The number of methoxy groups -OCH3 is 1. The van der Waals surface area contributed by atoms with Crippen molar-refractivity contribution < 1.29 is 23.8 Å². The molecule has 3 rings (SSSR count). The van der Waals surface area contributed by atoms with Crippen LogP contribution in [0.4, 0.5) is 4.39 Å². The number of nitrogens with zero attached hydrogens (tertiary/aromatic N) is 1. The quantitative estimate of drug-likeness (QED) is 0.530. The Bertz CT molecular complexity index is 1160. The maximum absolute atomic E-state index is 14.3. The van der Waals surface area contributed by atoms with Crippen molar-refractivity contribution in [2.24, 2.45) is 0 Å². The number of carbonyl (C=O) groups is 2. The van der Waals surface area contributed by atoms with Crippen molar-refractivity contribution in [3.63, 3.8) is 0 Å². The van der Waals surface area contributed by atoms with E-state index in [1.165, 1.54) is 19.2 Å². The van der Waals surface area contributed by atoms with Gasteiger partial charge in [-0.1, -0.05) is 23.7 Å². The number of carboxylic acids is 1. The summed E-state index contributed by atoms with van der Waals surface area (Å²) in [6.07, 6.45) is -0.578. The Morgan fingerprint density at radius 3 is 2.67 bits per heavy atom. The number of carbonyl (C=O) groups excluding carboxylic acids is 1. The zero-order chi connectivity index (χ0) is 21.8. The lowest BCUT2D eigenvalue weighted by Gasteiger charge is -2.18. The summed E-state index contributed by atoms with van der Waals surface area (Å²) in [5.74, 6) is -2.44. The number of para-hydroxylation sites is 1. The first-order valence-corrected chi connectivity index (χ1v) is 9.11. The van der Waals surface area contributed by atoms with Crippen molar-refractivity contribution in [2.75, 3.05) is 7.11 Å². The molecule has 10 heteroatoms. The second-order valence-electron chi connectivity index (χ2n) is 6.31. The number of ether oxygens (including phenoxy) is 1. The summed E-state index contributed by atoms with van der Waals surface area (Å²) in [6, 6.07) is 10.2. The van der Waals surface area contributed by atoms with Crippen LogP contribution in [0.1, 0.15) is 28.5 Å². The van der Waals surface area contributed by atoms with Gasteiger partial charge in [0.05, 0.1) is 30.3 Å². The fraction of sp³-hybridized carbons (Fsp3) is 0.150. The molecule has 3 N–H and O–H groups in total. The van der Waals surface area contributed by atoms with E-state index in [2.05, 4.69) is 10.4 Å². The van der Waals surface area contributed by atoms with Crippen molar-refractivity contribution >= 4 is 23.5 Å². The molecule has 1 heterocycles. The minimum absolute atomic E-state index is 0.0574. The maximum atomic E-state index is 14.3. The summed E-state index contributed by atoms with van der Waals surface area (Å²) in [5.41, 5.74) is -0.406. The molecule has 30 heavy (non-hydrogen) atoms. The predicted molar refractivity (Wildman–Crippen MR) is 107 cm³/mol. The molecule has 1 amide bonds. The average Bonchev–Trinajstić information content (AvgIpc) is 3.09. The molecule has 0 radical (unpaired) electrons. The number of hydrogen-bond acceptors (Lipinski definition) is 4. The van der Waals surface area contributed by atoms with Gasteiger partial charge in [-0.15, -0.1) is 0 Å². The van der Waals surface area contributed by atoms with Crippen LogP contribution in [0.2, 0.25) is 5.02 Å². The van der Waals surface area contributed by atoms with Crippen molar-refractivity contribution in [1.29, 1.82) is 0 Å². The third-order valence-corrected chi connectivity index (χ3v) is 4.64. The van der Waals surface area contributed by atoms with Crippen LogP contribution in [0.3, 0.4) is 0 Å². The lowest BCUT2D eigenvalue weighted by molar-refractivity contribution is -0.137. The third kappa shape index (κ3) is 4.52. The number of H-pyrrole nitrogens is 1. The first-order chi connectivity index (χ1) is 14.3. The number of amides is 1. The minimum Gasteiger partial charge on any atom is -0.497 e. The summed E-state index contributed by atoms with van der Waals surface area (Å²) in [7, 11) is 1.38. The Hall–Kier alpha value is -3.59. The van der Waals surface area contributed by atoms with E-state index in [1.54, 1.807) is 24.3 Å². The van der Waals surface area contributed by atoms with E-state index in [0.717, 1.165) is 16.8 Å². The van der Waals surface area contributed by atoms with Crippen LogP contribution in [0.25, 0.3) is 5.69 Å². The SMILES string of the molecule is COc1ccc(F)c(C(CC(=O)O)NC(=O)c2cc(=O)n(-c3ccccc3Cl)[nH]2)c1. The fourth-order valence-electron chi connectivity index (χ4n) is 2.89. The van der Waals surface area contributed by atoms with Gasteiger partial charge < -0.3 is 15.2 Å². The van der Waals surface area contributed by atoms with E-state index in [9.17, 15) is 23.9 Å². The van der Waals surface area contributed by atoms with Crippen LogP contribution >= 0.6 is 11.6 Å². The van der Waals surface area contributed by atoms with Crippen LogP contribution < -0.4 is 15.6 Å². The van der Waals surface area contributed by atoms with Crippen LogP contribution in [0, 0.1) is 5.82 Å². The molecule has 1 atom stereocenters. The van der Waals surface area contributed by atoms with Crippen LogP contribution in [-0.4, -0.2) is 33.9 Å². The van der Waals surface area contributed by atoms with Gasteiger partial charge in [0.1, 0.15) is 17.3 Å². The zero-order valence-corrected chi connectivity index (χ0v) is 16.4. The molecule has 0 aliphatic carbocycles. The van der Waals surface area contributed by atoms with Gasteiger partial charge in [0.25, 0.3) is 11.5 Å². The molecule has 8 nitrogen and oxygen atoms in total. The highest BCUT2D eigenvalue weighted by molar-refractivity contribution is 6.32. The zero-order valence-electron chi connectivity index (χ0n) is 15.7. The van der Waals surface area contributed by atoms with E-state index in [1.807, 2.05) is 0 Å². The Balaban J connectivity index is 1.92. The second kappa shape index (κ2) is 8.83. The predicted octanol–water partition coefficient (Wildman–Crippen LogP) is 2.91. The molecule has 0 fully saturated rings. The first-order valence-electron chi connectivity index (χ1n) is 8.73. The highest BCUT2D eigenvalue weighted by atomic mass is 35.5. The van der Waals surface area contributed by atoms with E-state index >= 15 is 0 Å². The number of aromatic amines is 1. The molecule has 3 aromatic rings. The van der Waals surface area contributed by atoms with E-state index in [0.29, 0.717) is 11.4 Å². The number of nitrogens with one attached hydrogen (secondary N) is 2. The van der Waals surface area contributed by atoms with Gasteiger partial charge in [0.15, 0.2) is 0 Å². The average molecular weight is 434 g/mol. The molecule has 1 unspecified atom stereocenters. The van der Waals surface area contributed by atoms with Gasteiger partial charge >= 0.3 is 5.97 Å². The summed E-state index contributed by atoms with van der Waals surface area (Å²) < 4.78 is 20.4. The molecular weight excluding hydrogens is 417 g/mol. The smallest absolute Gasteiger partial charge is 0.305 e. The van der Waals surface area contributed by atoms with Gasteiger partial charge in [-0.2, -0.15) is 0 Å². The summed E-state index contributed by atoms with van der Waals surface area (Å²) >= 11 is 6.09. The number of hydrogen-bond donors (Lipinski definition) is 3. The lowest BCUT2D eigenvalue weighted by Crippen LogP contribution is -2.31. The van der Waals surface area contributed by atoms with Gasteiger partial charge in [-0.3, -0.25) is 19.5 Å². The molecule has 0 saturated carbocycles. The molecule has 156 valence electrons. The summed E-state index contributed by atoms with van der Waals surface area (Å²) in [5, 5.41) is 14.6. The minimum atomic E-state index is -1.25. The molecule has 2 aromatic carbocycles. The molecule has 0 aliphatic heterocycles. The second-order valence-corrected chi connectivity index (χ2v) is 6.71. The molecule has 0 saturated heterocycles. The van der Waals surface area contributed by atoms with Gasteiger partial charge in [0.2, 0.25) is 0 Å². The number of halogens is 2. The van der Waals surface area contributed by atoms with Crippen molar-refractivity contribution in [3.05, 3.63) is 81.0 Å². The molecule has 0 aliphatic rings. The van der Waals surface area contributed by atoms with Crippen LogP contribution in [0.15, 0.2) is 53.3 Å². The molecule has 0 spiro atoms. The van der Waals surface area contributed by atoms with E-state index in [4.69, 9.17) is 16.3 Å². The van der Waals surface area contributed by atoms with Crippen molar-refractivity contribution in [2.45, 2.75) is 12.5 Å². The molecular formula is C20H17ClFN3O5. The first kappa shape index (κ1) is 21.1. The van der Waals surface area contributed by atoms with Gasteiger partial charge in [-0.25, -0.2) is 9.07 Å². The Morgan fingerprint density at radius 2 is 2.00 bits per heavy atom. The Kier molecular flexibility index (Phi) is 6.22.